The molecule has 15 heavy (non-hydrogen) atoms. The number of nitrogens with zero attached hydrogens (tertiary/aromatic N) is 1. The molecule has 0 atom stereocenters. The Labute approximate surface area is 93.1 Å². The monoisotopic (exact) mass is 202 g/mol. The van der Waals surface area contributed by atoms with E-state index in [2.05, 4.69) is 24.3 Å². The van der Waals surface area contributed by atoms with Gasteiger partial charge in [0.15, 0.2) is 5.71 Å². The van der Waals surface area contributed by atoms with E-state index >= 15 is 0 Å². The molecule has 0 aromatic rings. The van der Waals surface area contributed by atoms with Gasteiger partial charge in [-0.3, -0.25) is 0 Å². The standard InChI is InChI=1S/C14H20N/c1-7-10-11-14(12(4)8-2)15(6)13(5)9-3/h7-11H,1-3H2,4-6H3/q+1/b11-10-,14-12+,15-13-. The van der Waals surface area contributed by atoms with Crippen molar-refractivity contribution in [2.75, 3.05) is 7.05 Å². The fourth-order valence-electron chi connectivity index (χ4n) is 1.10. The van der Waals surface area contributed by atoms with Crippen molar-refractivity contribution in [2.45, 2.75) is 13.8 Å². The molecule has 0 rings (SSSR count). The highest BCUT2D eigenvalue weighted by atomic mass is 15.0. The van der Waals surface area contributed by atoms with Crippen molar-refractivity contribution in [1.29, 1.82) is 0 Å². The SMILES string of the molecule is C=C\C=C/C(=C(/C)C=C)[N+](/C)=C(/C)C=C. The quantitative estimate of drug-likeness (QED) is 0.365. The minimum Gasteiger partial charge on any atom is -0.199 e. The molecule has 0 aromatic heterocycles. The van der Waals surface area contributed by atoms with Crippen LogP contribution in [0.15, 0.2) is 61.4 Å². The van der Waals surface area contributed by atoms with E-state index in [-0.39, 0.29) is 0 Å². The van der Waals surface area contributed by atoms with Crippen molar-refractivity contribution >= 4 is 5.71 Å². The van der Waals surface area contributed by atoms with Gasteiger partial charge in [0.2, 0.25) is 5.70 Å². The molecule has 0 bridgehead atoms. The Morgan fingerprint density at radius 2 is 1.67 bits per heavy atom. The minimum atomic E-state index is 1.10. The Hall–Kier alpha value is -1.63. The van der Waals surface area contributed by atoms with Crippen molar-refractivity contribution < 1.29 is 4.58 Å². The van der Waals surface area contributed by atoms with Crippen LogP contribution in [-0.2, 0) is 0 Å². The van der Waals surface area contributed by atoms with E-state index in [1.807, 2.05) is 45.2 Å². The third-order valence-corrected chi connectivity index (χ3v) is 2.29. The van der Waals surface area contributed by atoms with Gasteiger partial charge in [0.05, 0.1) is 0 Å². The second-order valence-corrected chi connectivity index (χ2v) is 3.27. The second-order valence-electron chi connectivity index (χ2n) is 3.27. The third kappa shape index (κ3) is 3.94. The summed E-state index contributed by atoms with van der Waals surface area (Å²) in [6, 6.07) is 0. The van der Waals surface area contributed by atoms with Crippen LogP contribution in [-0.4, -0.2) is 17.3 Å². The van der Waals surface area contributed by atoms with Gasteiger partial charge >= 0.3 is 0 Å². The topological polar surface area (TPSA) is 3.01 Å². The Morgan fingerprint density at radius 1 is 1.07 bits per heavy atom. The van der Waals surface area contributed by atoms with Crippen LogP contribution in [0.3, 0.4) is 0 Å². The molecule has 0 spiro atoms. The zero-order valence-electron chi connectivity index (χ0n) is 9.96. The zero-order valence-corrected chi connectivity index (χ0v) is 9.96. The summed E-state index contributed by atoms with van der Waals surface area (Å²) in [5.41, 5.74) is 3.32. The Balaban J connectivity index is 5.51. The first-order chi connectivity index (χ1) is 7.08. The molecule has 0 amide bonds. The lowest BCUT2D eigenvalue weighted by Gasteiger charge is -2.02. The predicted octanol–water partition coefficient (Wildman–Crippen LogP) is 3.48. The molecule has 1 nitrogen and oxygen atoms in total. The van der Waals surface area contributed by atoms with E-state index < -0.39 is 0 Å². The normalized spacial score (nSPS) is 14.3. The summed E-state index contributed by atoms with van der Waals surface area (Å²) in [6.07, 6.45) is 9.35. The highest BCUT2D eigenvalue weighted by molar-refractivity contribution is 5.88. The lowest BCUT2D eigenvalue weighted by Crippen LogP contribution is -2.12. The summed E-state index contributed by atoms with van der Waals surface area (Å²) in [6.45, 7) is 15.2. The van der Waals surface area contributed by atoms with Crippen LogP contribution in [0.1, 0.15) is 13.8 Å². The van der Waals surface area contributed by atoms with Gasteiger partial charge in [-0.15, -0.1) is 0 Å². The summed E-state index contributed by atoms with van der Waals surface area (Å²) >= 11 is 0. The van der Waals surface area contributed by atoms with Gasteiger partial charge < -0.3 is 0 Å². The van der Waals surface area contributed by atoms with Crippen molar-refractivity contribution in [3.63, 3.8) is 0 Å². The lowest BCUT2D eigenvalue weighted by molar-refractivity contribution is -0.438. The first kappa shape index (κ1) is 13.4. The van der Waals surface area contributed by atoms with E-state index in [1.54, 1.807) is 6.08 Å². The van der Waals surface area contributed by atoms with Crippen LogP contribution in [0.4, 0.5) is 0 Å². The van der Waals surface area contributed by atoms with Gasteiger partial charge in [0.25, 0.3) is 0 Å². The van der Waals surface area contributed by atoms with Crippen molar-refractivity contribution in [3.8, 4) is 0 Å². The number of hydrogen-bond donors (Lipinski definition) is 0. The molecular weight excluding hydrogens is 182 g/mol. The molecule has 0 aliphatic rings. The van der Waals surface area contributed by atoms with Crippen LogP contribution >= 0.6 is 0 Å². The fraction of sp³-hybridized carbons (Fsp3) is 0.214. The summed E-state index contributed by atoms with van der Waals surface area (Å²) in [7, 11) is 2.01. The molecule has 0 N–H and O–H groups in total. The molecule has 0 heterocycles. The molecule has 0 aliphatic heterocycles. The Bertz CT molecular complexity index is 352. The van der Waals surface area contributed by atoms with E-state index in [0.717, 1.165) is 17.0 Å². The third-order valence-electron chi connectivity index (χ3n) is 2.29. The van der Waals surface area contributed by atoms with Gasteiger partial charge in [-0.05, 0) is 13.0 Å². The molecule has 0 radical (unpaired) electrons. The fourth-order valence-corrected chi connectivity index (χ4v) is 1.10. The average molecular weight is 202 g/mol. The molecule has 80 valence electrons. The van der Waals surface area contributed by atoms with Gasteiger partial charge in [0, 0.05) is 18.6 Å². The molecular formula is C14H20N+. The summed E-state index contributed by atoms with van der Waals surface area (Å²) < 4.78 is 2.07. The number of hydrogen-bond acceptors (Lipinski definition) is 0. The van der Waals surface area contributed by atoms with Crippen LogP contribution < -0.4 is 0 Å². The van der Waals surface area contributed by atoms with Crippen molar-refractivity contribution in [3.05, 3.63) is 61.4 Å². The van der Waals surface area contributed by atoms with E-state index in [9.17, 15) is 0 Å². The van der Waals surface area contributed by atoms with Crippen molar-refractivity contribution in [1.82, 2.24) is 0 Å². The van der Waals surface area contributed by atoms with Crippen LogP contribution in [0.5, 0.6) is 0 Å². The maximum atomic E-state index is 3.78. The molecule has 1 heteroatoms. The van der Waals surface area contributed by atoms with E-state index in [1.165, 1.54) is 0 Å². The Kier molecular flexibility index (Phi) is 6.03. The molecule has 0 unspecified atom stereocenters. The van der Waals surface area contributed by atoms with Crippen molar-refractivity contribution in [2.24, 2.45) is 0 Å². The first-order valence-corrected chi connectivity index (χ1v) is 4.90. The van der Waals surface area contributed by atoms with Crippen LogP contribution in [0, 0.1) is 0 Å². The minimum absolute atomic E-state index is 1.10. The molecule has 0 aliphatic carbocycles. The highest BCUT2D eigenvalue weighted by Gasteiger charge is 2.09. The summed E-state index contributed by atoms with van der Waals surface area (Å²) in [5, 5.41) is 0. The van der Waals surface area contributed by atoms with Gasteiger partial charge in [-0.1, -0.05) is 38.0 Å². The van der Waals surface area contributed by atoms with Gasteiger partial charge in [-0.25, -0.2) is 0 Å². The number of rotatable bonds is 5. The number of likely N-dealkylation sites (N-methyl/N-ethyl adjacent to an activating group) is 1. The van der Waals surface area contributed by atoms with Gasteiger partial charge in [0.1, 0.15) is 7.05 Å². The summed E-state index contributed by atoms with van der Waals surface area (Å²) in [5.74, 6) is 0. The van der Waals surface area contributed by atoms with Gasteiger partial charge in [-0.2, -0.15) is 4.58 Å². The first-order valence-electron chi connectivity index (χ1n) is 4.90. The van der Waals surface area contributed by atoms with E-state index in [4.69, 9.17) is 0 Å². The smallest absolute Gasteiger partial charge is 0.199 e. The van der Waals surface area contributed by atoms with Crippen LogP contribution in [0.25, 0.3) is 0 Å². The molecule has 0 fully saturated rings. The second kappa shape index (κ2) is 6.77. The molecule has 0 saturated heterocycles. The largest absolute Gasteiger partial charge is 0.208 e. The van der Waals surface area contributed by atoms with E-state index in [0.29, 0.717) is 0 Å². The maximum Gasteiger partial charge on any atom is 0.208 e. The molecule has 0 aromatic carbocycles. The Morgan fingerprint density at radius 3 is 2.07 bits per heavy atom. The average Bonchev–Trinajstić information content (AvgIpc) is 2.27. The maximum absolute atomic E-state index is 3.78. The molecule has 0 saturated carbocycles. The number of allylic oxidation sites excluding steroid dienone is 6. The highest BCUT2D eigenvalue weighted by Crippen LogP contribution is 2.08. The van der Waals surface area contributed by atoms with Crippen LogP contribution in [0.2, 0.25) is 0 Å². The summed E-state index contributed by atoms with van der Waals surface area (Å²) in [4.78, 5) is 0. The predicted molar refractivity (Wildman–Crippen MR) is 69.3 cm³/mol. The zero-order chi connectivity index (χ0) is 11.8. The lowest BCUT2D eigenvalue weighted by atomic mass is 10.2.